The van der Waals surface area contributed by atoms with Gasteiger partial charge in [-0.15, -0.1) is 0 Å². The van der Waals surface area contributed by atoms with Crippen molar-refractivity contribution in [2.24, 2.45) is 0 Å². The molecule has 15 heavy (non-hydrogen) atoms. The van der Waals surface area contributed by atoms with E-state index < -0.39 is 11.9 Å². The van der Waals surface area contributed by atoms with E-state index in [1.54, 1.807) is 12.1 Å². The molecule has 6 nitrogen and oxygen atoms in total. The number of nitrogen functional groups attached to an aromatic ring is 1. The number of ether oxygens (including phenoxy) is 2. The van der Waals surface area contributed by atoms with Gasteiger partial charge in [-0.25, -0.2) is 9.59 Å². The van der Waals surface area contributed by atoms with Crippen LogP contribution in [0.15, 0.2) is 22.3 Å². The van der Waals surface area contributed by atoms with Gasteiger partial charge in [-0.1, -0.05) is 0 Å². The van der Waals surface area contributed by atoms with Crippen molar-refractivity contribution in [1.29, 1.82) is 0 Å². The predicted octanol–water partition coefficient (Wildman–Crippen LogP) is 0.303. The van der Waals surface area contributed by atoms with Crippen molar-refractivity contribution < 1.29 is 23.5 Å². The topological polar surface area (TPSA) is 91.8 Å². The highest BCUT2D eigenvalue weighted by Crippen LogP contribution is 2.16. The van der Waals surface area contributed by atoms with Crippen molar-refractivity contribution in [2.75, 3.05) is 12.3 Å². The predicted molar refractivity (Wildman–Crippen MR) is 48.1 cm³/mol. The van der Waals surface area contributed by atoms with Crippen molar-refractivity contribution >= 4 is 23.9 Å². The Hall–Kier alpha value is -2.24. The van der Waals surface area contributed by atoms with Crippen LogP contribution in [0.3, 0.4) is 0 Å². The maximum Gasteiger partial charge on any atom is 0.422 e. The van der Waals surface area contributed by atoms with Crippen LogP contribution in [0.2, 0.25) is 0 Å². The molecule has 6 heteroatoms. The fraction of sp³-hybridized carbons (Fsp3) is 0.111. The minimum absolute atomic E-state index is 0.0921. The van der Waals surface area contributed by atoms with Crippen LogP contribution in [-0.4, -0.2) is 18.5 Å². The molecule has 0 unspecified atom stereocenters. The van der Waals surface area contributed by atoms with E-state index in [0.717, 1.165) is 0 Å². The first-order valence-electron chi connectivity index (χ1n) is 4.10. The Balaban J connectivity index is 2.15. The number of nitrogens with two attached hydrogens (primary N) is 1. The van der Waals surface area contributed by atoms with Gasteiger partial charge in [0.1, 0.15) is 18.1 Å². The van der Waals surface area contributed by atoms with Crippen LogP contribution in [0.4, 0.5) is 5.88 Å². The van der Waals surface area contributed by atoms with Gasteiger partial charge < -0.3 is 19.6 Å². The highest BCUT2D eigenvalue weighted by molar-refractivity contribution is 6.30. The zero-order valence-electron chi connectivity index (χ0n) is 7.56. The monoisotopic (exact) mass is 209 g/mol. The minimum Gasteiger partial charge on any atom is -0.449 e. The number of hydrogen-bond acceptors (Lipinski definition) is 6. The molecule has 78 valence electrons. The number of furan rings is 1. The summed E-state index contributed by atoms with van der Waals surface area (Å²) in [5, 5.41) is 0. The number of carbonyl (C=O) groups is 2. The van der Waals surface area contributed by atoms with Gasteiger partial charge >= 0.3 is 11.9 Å². The van der Waals surface area contributed by atoms with E-state index in [0.29, 0.717) is 5.76 Å². The Kier molecular flexibility index (Phi) is 2.17. The molecule has 2 rings (SSSR count). The summed E-state index contributed by atoms with van der Waals surface area (Å²) < 4.78 is 14.2. The van der Waals surface area contributed by atoms with E-state index in [1.165, 1.54) is 6.08 Å². The Morgan fingerprint density at radius 2 is 2.07 bits per heavy atom. The highest BCUT2D eigenvalue weighted by Gasteiger charge is 2.25. The summed E-state index contributed by atoms with van der Waals surface area (Å²) in [6.07, 6.45) is 1.43. The van der Waals surface area contributed by atoms with Crippen LogP contribution >= 0.6 is 0 Å². The summed E-state index contributed by atoms with van der Waals surface area (Å²) in [5.74, 6) is -1.15. The molecule has 1 aromatic heterocycles. The fourth-order valence-corrected chi connectivity index (χ4v) is 1.06. The third-order valence-electron chi connectivity index (χ3n) is 1.69. The molecule has 1 fully saturated rings. The maximum atomic E-state index is 10.8. The molecule has 0 radical (unpaired) electrons. The number of anilines is 1. The lowest BCUT2D eigenvalue weighted by Gasteiger charge is -2.13. The molecule has 0 aliphatic carbocycles. The van der Waals surface area contributed by atoms with Gasteiger partial charge in [-0.2, -0.15) is 0 Å². The van der Waals surface area contributed by atoms with Gasteiger partial charge in [0, 0.05) is 12.1 Å². The van der Waals surface area contributed by atoms with E-state index in [2.05, 4.69) is 9.47 Å². The summed E-state index contributed by atoms with van der Waals surface area (Å²) in [6.45, 7) is -0.0921. The summed E-state index contributed by atoms with van der Waals surface area (Å²) in [4.78, 5) is 21.4. The average molecular weight is 209 g/mol. The Labute approximate surface area is 84.2 Å². The molecule has 1 saturated heterocycles. The van der Waals surface area contributed by atoms with Gasteiger partial charge in [-0.3, -0.25) is 0 Å². The molecular weight excluding hydrogens is 202 g/mol. The van der Waals surface area contributed by atoms with Gasteiger partial charge in [-0.05, 0) is 6.07 Å². The molecule has 2 N–H and O–H groups in total. The van der Waals surface area contributed by atoms with E-state index in [9.17, 15) is 9.59 Å². The summed E-state index contributed by atoms with van der Waals surface area (Å²) in [7, 11) is 0. The zero-order chi connectivity index (χ0) is 10.8. The lowest BCUT2D eigenvalue weighted by molar-refractivity contribution is -0.171. The molecule has 0 bridgehead atoms. The minimum atomic E-state index is -1.04. The summed E-state index contributed by atoms with van der Waals surface area (Å²) in [5.41, 5.74) is 5.34. The number of carbonyl (C=O) groups excluding carboxylic acids is 2. The molecule has 0 aromatic carbocycles. The van der Waals surface area contributed by atoms with Crippen LogP contribution in [0.1, 0.15) is 5.76 Å². The molecule has 0 saturated carbocycles. The van der Waals surface area contributed by atoms with Crippen LogP contribution in [-0.2, 0) is 19.1 Å². The molecule has 0 amide bonds. The van der Waals surface area contributed by atoms with Crippen molar-refractivity contribution in [3.63, 3.8) is 0 Å². The standard InChI is InChI=1S/C9H7NO5/c10-7-2-1-5(14-7)3-6-4-13-8(11)9(12)15-6/h1-3H,4,10H2. The Morgan fingerprint density at radius 1 is 1.27 bits per heavy atom. The molecule has 0 atom stereocenters. The molecule has 1 aromatic rings. The SMILES string of the molecule is Nc1ccc(C=C2COC(=O)C(=O)O2)o1. The van der Waals surface area contributed by atoms with Gasteiger partial charge in [0.2, 0.25) is 0 Å². The first-order chi connectivity index (χ1) is 7.15. The molecular formula is C9H7NO5. The number of esters is 2. The van der Waals surface area contributed by atoms with E-state index in [4.69, 9.17) is 10.2 Å². The lowest BCUT2D eigenvalue weighted by Crippen LogP contribution is -2.27. The zero-order valence-corrected chi connectivity index (χ0v) is 7.56. The lowest BCUT2D eigenvalue weighted by atomic mass is 10.3. The van der Waals surface area contributed by atoms with E-state index >= 15 is 0 Å². The van der Waals surface area contributed by atoms with E-state index in [1.807, 2.05) is 0 Å². The first-order valence-corrected chi connectivity index (χ1v) is 4.10. The third-order valence-corrected chi connectivity index (χ3v) is 1.69. The average Bonchev–Trinajstić information content (AvgIpc) is 2.58. The van der Waals surface area contributed by atoms with Gasteiger partial charge in [0.05, 0.1) is 0 Å². The normalized spacial score (nSPS) is 18.8. The summed E-state index contributed by atoms with van der Waals surface area (Å²) in [6, 6.07) is 3.16. The van der Waals surface area contributed by atoms with E-state index in [-0.39, 0.29) is 18.3 Å². The first kappa shape index (κ1) is 9.32. The van der Waals surface area contributed by atoms with Gasteiger partial charge in [0.25, 0.3) is 0 Å². The Bertz CT molecular complexity index is 445. The maximum absolute atomic E-state index is 10.8. The van der Waals surface area contributed by atoms with Crippen LogP contribution in [0.25, 0.3) is 6.08 Å². The number of rotatable bonds is 1. The van der Waals surface area contributed by atoms with Crippen LogP contribution in [0, 0.1) is 0 Å². The second-order valence-electron chi connectivity index (χ2n) is 2.82. The van der Waals surface area contributed by atoms with Crippen molar-refractivity contribution in [3.8, 4) is 0 Å². The smallest absolute Gasteiger partial charge is 0.422 e. The molecule has 1 aliphatic heterocycles. The number of hydrogen-bond donors (Lipinski definition) is 1. The van der Waals surface area contributed by atoms with Crippen molar-refractivity contribution in [2.45, 2.75) is 0 Å². The van der Waals surface area contributed by atoms with Crippen molar-refractivity contribution in [1.82, 2.24) is 0 Å². The third kappa shape index (κ3) is 1.98. The number of cyclic esters (lactones) is 2. The molecule has 0 spiro atoms. The summed E-state index contributed by atoms with van der Waals surface area (Å²) >= 11 is 0. The highest BCUT2D eigenvalue weighted by atomic mass is 16.6. The molecule has 1 aliphatic rings. The second-order valence-corrected chi connectivity index (χ2v) is 2.82. The Morgan fingerprint density at radius 3 is 2.67 bits per heavy atom. The molecule has 2 heterocycles. The van der Waals surface area contributed by atoms with Crippen molar-refractivity contribution in [3.05, 3.63) is 23.7 Å². The largest absolute Gasteiger partial charge is 0.449 e. The quantitative estimate of drug-likeness (QED) is 0.528. The van der Waals surface area contributed by atoms with Crippen LogP contribution in [0.5, 0.6) is 0 Å². The van der Waals surface area contributed by atoms with Crippen LogP contribution < -0.4 is 5.73 Å². The van der Waals surface area contributed by atoms with Gasteiger partial charge in [0.15, 0.2) is 5.88 Å². The second kappa shape index (κ2) is 3.49. The fourth-order valence-electron chi connectivity index (χ4n) is 1.06.